The summed E-state index contributed by atoms with van der Waals surface area (Å²) in [5.74, 6) is 0. The molecule has 0 heterocycles. The first-order valence-corrected chi connectivity index (χ1v) is 6.34. The minimum atomic E-state index is -0.0425. The minimum Gasteiger partial charge on any atom is -0.388 e. The third-order valence-electron chi connectivity index (χ3n) is 3.89. The average Bonchev–Trinajstić information content (AvgIpc) is 2.36. The Balaban J connectivity index is 2.85. The first-order chi connectivity index (χ1) is 8.48. The molecule has 94 valence electrons. The summed E-state index contributed by atoms with van der Waals surface area (Å²) in [7, 11) is 1.97. The van der Waals surface area contributed by atoms with Gasteiger partial charge in [0.1, 0.15) is 0 Å². The Labute approximate surface area is 110 Å². The highest BCUT2D eigenvalue weighted by molar-refractivity contribution is 5.91. The summed E-state index contributed by atoms with van der Waals surface area (Å²) in [5, 5.41) is 5.89. The van der Waals surface area contributed by atoms with Crippen molar-refractivity contribution in [3.05, 3.63) is 54.1 Å². The van der Waals surface area contributed by atoms with Crippen LogP contribution in [-0.2, 0) is 5.41 Å². The van der Waals surface area contributed by atoms with E-state index >= 15 is 0 Å². The lowest BCUT2D eigenvalue weighted by Crippen LogP contribution is -2.20. The molecule has 2 rings (SSSR count). The van der Waals surface area contributed by atoms with Gasteiger partial charge in [-0.25, -0.2) is 0 Å². The second-order valence-corrected chi connectivity index (χ2v) is 5.36. The van der Waals surface area contributed by atoms with Gasteiger partial charge in [-0.15, -0.1) is 0 Å². The maximum Gasteiger partial charge on any atom is 0.0385 e. The summed E-state index contributed by atoms with van der Waals surface area (Å²) in [4.78, 5) is 0. The molecule has 1 nitrogen and oxygen atoms in total. The molecule has 0 radical (unpaired) electrons. The van der Waals surface area contributed by atoms with Crippen molar-refractivity contribution in [3.63, 3.8) is 0 Å². The van der Waals surface area contributed by atoms with Crippen LogP contribution in [0.1, 0.15) is 26.3 Å². The van der Waals surface area contributed by atoms with Crippen molar-refractivity contribution in [1.29, 1.82) is 0 Å². The van der Waals surface area contributed by atoms with Crippen LogP contribution < -0.4 is 5.32 Å². The molecule has 2 aromatic rings. The fourth-order valence-electron chi connectivity index (χ4n) is 2.37. The van der Waals surface area contributed by atoms with Gasteiger partial charge in [-0.1, -0.05) is 56.3 Å². The Kier molecular flexibility index (Phi) is 3.16. The maximum absolute atomic E-state index is 4.16. The predicted molar refractivity (Wildman–Crippen MR) is 81.3 cm³/mol. The Bertz CT molecular complexity index is 594. The lowest BCUT2D eigenvalue weighted by molar-refractivity contribution is 0.634. The van der Waals surface area contributed by atoms with Gasteiger partial charge in [0.25, 0.3) is 0 Å². The predicted octanol–water partition coefficient (Wildman–Crippen LogP) is 4.74. The molecule has 0 aliphatic carbocycles. The Morgan fingerprint density at radius 1 is 1.11 bits per heavy atom. The molecule has 0 bridgehead atoms. The standard InChI is InChI=1S/C17H21N/c1-12(2)17(3,4)16-14-9-7-6-8-13(14)10-11-15(16)18-5/h6-11,18H,1H2,2-5H3. The molecular weight excluding hydrogens is 218 g/mol. The van der Waals surface area contributed by atoms with Crippen molar-refractivity contribution in [2.24, 2.45) is 0 Å². The quantitative estimate of drug-likeness (QED) is 0.763. The molecule has 0 amide bonds. The fourth-order valence-corrected chi connectivity index (χ4v) is 2.37. The van der Waals surface area contributed by atoms with Crippen molar-refractivity contribution in [2.45, 2.75) is 26.2 Å². The number of rotatable bonds is 3. The monoisotopic (exact) mass is 239 g/mol. The van der Waals surface area contributed by atoms with Gasteiger partial charge in [-0.2, -0.15) is 0 Å². The van der Waals surface area contributed by atoms with Crippen molar-refractivity contribution in [3.8, 4) is 0 Å². The summed E-state index contributed by atoms with van der Waals surface area (Å²) >= 11 is 0. The molecule has 1 heteroatoms. The zero-order chi connectivity index (χ0) is 13.3. The number of nitrogens with one attached hydrogen (secondary N) is 1. The number of hydrogen-bond acceptors (Lipinski definition) is 1. The Morgan fingerprint density at radius 2 is 1.78 bits per heavy atom. The smallest absolute Gasteiger partial charge is 0.0385 e. The molecule has 0 atom stereocenters. The van der Waals surface area contributed by atoms with E-state index in [9.17, 15) is 0 Å². The van der Waals surface area contributed by atoms with Crippen LogP contribution >= 0.6 is 0 Å². The van der Waals surface area contributed by atoms with E-state index in [1.165, 1.54) is 27.6 Å². The average molecular weight is 239 g/mol. The summed E-state index contributed by atoms with van der Waals surface area (Å²) in [6, 6.07) is 12.9. The van der Waals surface area contributed by atoms with E-state index in [-0.39, 0.29) is 5.41 Å². The van der Waals surface area contributed by atoms with Gasteiger partial charge in [-0.05, 0) is 29.3 Å². The highest BCUT2D eigenvalue weighted by Gasteiger charge is 2.26. The van der Waals surface area contributed by atoms with E-state index < -0.39 is 0 Å². The first-order valence-electron chi connectivity index (χ1n) is 6.34. The molecule has 0 unspecified atom stereocenters. The maximum atomic E-state index is 4.16. The number of anilines is 1. The van der Waals surface area contributed by atoms with Crippen LogP contribution in [0.25, 0.3) is 10.8 Å². The Morgan fingerprint density at radius 3 is 2.39 bits per heavy atom. The SMILES string of the molecule is C=C(C)C(C)(C)c1c(NC)ccc2ccccc12. The molecule has 18 heavy (non-hydrogen) atoms. The third-order valence-corrected chi connectivity index (χ3v) is 3.89. The molecule has 2 aromatic carbocycles. The van der Waals surface area contributed by atoms with Crippen LogP contribution in [0.4, 0.5) is 5.69 Å². The molecule has 0 spiro atoms. The van der Waals surface area contributed by atoms with Gasteiger partial charge in [-0.3, -0.25) is 0 Å². The number of allylic oxidation sites excluding steroid dienone is 1. The van der Waals surface area contributed by atoms with E-state index in [2.05, 4.69) is 69.1 Å². The van der Waals surface area contributed by atoms with Gasteiger partial charge in [0, 0.05) is 18.2 Å². The summed E-state index contributed by atoms with van der Waals surface area (Å²) in [6.45, 7) is 10.7. The van der Waals surface area contributed by atoms with Crippen LogP contribution in [-0.4, -0.2) is 7.05 Å². The lowest BCUT2D eigenvalue weighted by Gasteiger charge is -2.30. The van der Waals surface area contributed by atoms with Crippen molar-refractivity contribution in [2.75, 3.05) is 12.4 Å². The van der Waals surface area contributed by atoms with E-state index in [4.69, 9.17) is 0 Å². The van der Waals surface area contributed by atoms with Gasteiger partial charge < -0.3 is 5.32 Å². The lowest BCUT2D eigenvalue weighted by atomic mass is 9.76. The van der Waals surface area contributed by atoms with Gasteiger partial charge >= 0.3 is 0 Å². The first kappa shape index (κ1) is 12.7. The number of fused-ring (bicyclic) bond motifs is 1. The molecule has 0 fully saturated rings. The van der Waals surface area contributed by atoms with Crippen LogP contribution in [0.5, 0.6) is 0 Å². The number of benzene rings is 2. The largest absolute Gasteiger partial charge is 0.388 e. The third kappa shape index (κ3) is 1.90. The molecule has 1 N–H and O–H groups in total. The van der Waals surface area contributed by atoms with Crippen molar-refractivity contribution in [1.82, 2.24) is 0 Å². The summed E-state index contributed by atoms with van der Waals surface area (Å²) in [6.07, 6.45) is 0. The van der Waals surface area contributed by atoms with Crippen LogP contribution in [0.2, 0.25) is 0 Å². The highest BCUT2D eigenvalue weighted by atomic mass is 14.8. The summed E-state index contributed by atoms with van der Waals surface area (Å²) < 4.78 is 0. The van der Waals surface area contributed by atoms with Crippen LogP contribution in [0.3, 0.4) is 0 Å². The fraction of sp³-hybridized carbons (Fsp3) is 0.294. The molecule has 0 aliphatic heterocycles. The van der Waals surface area contributed by atoms with E-state index in [1.54, 1.807) is 0 Å². The van der Waals surface area contributed by atoms with Gasteiger partial charge in [0.15, 0.2) is 0 Å². The minimum absolute atomic E-state index is 0.0425. The van der Waals surface area contributed by atoms with Gasteiger partial charge in [0.2, 0.25) is 0 Å². The molecule has 0 saturated carbocycles. The second-order valence-electron chi connectivity index (χ2n) is 5.36. The Hall–Kier alpha value is -1.76. The zero-order valence-corrected chi connectivity index (χ0v) is 11.7. The summed E-state index contributed by atoms with van der Waals surface area (Å²) in [5.41, 5.74) is 3.65. The number of hydrogen-bond donors (Lipinski definition) is 1. The highest BCUT2D eigenvalue weighted by Crippen LogP contribution is 2.39. The van der Waals surface area contributed by atoms with Crippen LogP contribution in [0.15, 0.2) is 48.6 Å². The molecular formula is C17H21N. The zero-order valence-electron chi connectivity index (χ0n) is 11.7. The van der Waals surface area contributed by atoms with Crippen molar-refractivity contribution >= 4 is 16.5 Å². The van der Waals surface area contributed by atoms with E-state index in [1.807, 2.05) is 7.05 Å². The van der Waals surface area contributed by atoms with E-state index in [0.717, 1.165) is 0 Å². The van der Waals surface area contributed by atoms with Crippen LogP contribution in [0, 0.1) is 0 Å². The van der Waals surface area contributed by atoms with Crippen molar-refractivity contribution < 1.29 is 0 Å². The second kappa shape index (κ2) is 4.49. The topological polar surface area (TPSA) is 12.0 Å². The molecule has 0 aliphatic rings. The molecule has 0 saturated heterocycles. The molecule has 0 aromatic heterocycles. The van der Waals surface area contributed by atoms with Gasteiger partial charge in [0.05, 0.1) is 0 Å². The van der Waals surface area contributed by atoms with E-state index in [0.29, 0.717) is 0 Å². The normalized spacial score (nSPS) is 11.6.